The fourth-order valence-electron chi connectivity index (χ4n) is 12.1. The van der Waals surface area contributed by atoms with Crippen molar-refractivity contribution in [3.8, 4) is 77.9 Å². The highest BCUT2D eigenvalue weighted by molar-refractivity contribution is 6.24. The largest absolute Gasteiger partial charge is 0.0654 e. The third kappa shape index (κ3) is 7.13. The number of unbranched alkanes of at least 4 members (excludes halogenated alkanes) is 1. The van der Waals surface area contributed by atoms with Gasteiger partial charge in [-0.05, 0) is 158 Å². The van der Waals surface area contributed by atoms with Gasteiger partial charge in [-0.3, -0.25) is 0 Å². The molecular formula is C71H52. The van der Waals surface area contributed by atoms with Crippen LogP contribution in [0.15, 0.2) is 261 Å². The van der Waals surface area contributed by atoms with Gasteiger partial charge in [0.1, 0.15) is 0 Å². The predicted octanol–water partition coefficient (Wildman–Crippen LogP) is 19.7. The molecular weight excluding hydrogens is 853 g/mol. The molecule has 0 bridgehead atoms. The van der Waals surface area contributed by atoms with Gasteiger partial charge in [0.05, 0.1) is 0 Å². The van der Waals surface area contributed by atoms with Crippen molar-refractivity contribution < 1.29 is 0 Å². The third-order valence-corrected chi connectivity index (χ3v) is 15.4. The Morgan fingerprint density at radius 2 is 0.676 bits per heavy atom. The molecule has 336 valence electrons. The standard InChI is InChI=1S/C71H52/c1-2-3-43-71(56-38-35-51(36-39-56)48-21-7-4-8-22-48)67-34-20-19-29-60(67)61-40-37-52(47-68(61)71)69-62-30-15-17-32-64(62)70(65-33-18-16-31-63(65)69)66-42-41-57(58-27-13-14-28-59(58)66)55-45-53(49-23-9-5-10-24-49)44-54(46-55)50-25-11-6-12-26-50/h4-42,44-47H,2-3,43H2,1H3. The highest BCUT2D eigenvalue weighted by Crippen LogP contribution is 2.57. The summed E-state index contributed by atoms with van der Waals surface area (Å²) in [5, 5.41) is 7.53. The lowest BCUT2D eigenvalue weighted by Crippen LogP contribution is -2.27. The molecule has 71 heavy (non-hydrogen) atoms. The highest BCUT2D eigenvalue weighted by Gasteiger charge is 2.44. The van der Waals surface area contributed by atoms with Crippen molar-refractivity contribution in [3.63, 3.8) is 0 Å². The first-order chi connectivity index (χ1) is 35.2. The zero-order chi connectivity index (χ0) is 47.3. The third-order valence-electron chi connectivity index (χ3n) is 15.4. The first-order valence-electron chi connectivity index (χ1n) is 25.3. The van der Waals surface area contributed by atoms with Crippen LogP contribution in [0.2, 0.25) is 0 Å². The Balaban J connectivity index is 1.01. The first kappa shape index (κ1) is 42.5. The molecule has 13 rings (SSSR count). The smallest absolute Gasteiger partial charge is 0.0463 e. The lowest BCUT2D eigenvalue weighted by atomic mass is 9.68. The fourth-order valence-corrected chi connectivity index (χ4v) is 12.1. The molecule has 12 aromatic carbocycles. The Labute approximate surface area is 417 Å². The number of hydrogen-bond acceptors (Lipinski definition) is 0. The summed E-state index contributed by atoms with van der Waals surface area (Å²) >= 11 is 0. The monoisotopic (exact) mass is 904 g/mol. The summed E-state index contributed by atoms with van der Waals surface area (Å²) < 4.78 is 0. The number of rotatable bonds is 10. The molecule has 0 heterocycles. The van der Waals surface area contributed by atoms with Crippen molar-refractivity contribution in [2.75, 3.05) is 0 Å². The van der Waals surface area contributed by atoms with Crippen molar-refractivity contribution in [2.45, 2.75) is 31.6 Å². The molecule has 0 amide bonds. The Morgan fingerprint density at radius 3 is 1.25 bits per heavy atom. The molecule has 0 heteroatoms. The second kappa shape index (κ2) is 17.7. The molecule has 1 aliphatic rings. The van der Waals surface area contributed by atoms with Crippen LogP contribution in [0.25, 0.3) is 110 Å². The summed E-state index contributed by atoms with van der Waals surface area (Å²) in [7, 11) is 0. The van der Waals surface area contributed by atoms with E-state index in [4.69, 9.17) is 0 Å². The van der Waals surface area contributed by atoms with E-state index in [-0.39, 0.29) is 5.41 Å². The minimum Gasteiger partial charge on any atom is -0.0654 e. The Kier molecular flexibility index (Phi) is 10.6. The van der Waals surface area contributed by atoms with Gasteiger partial charge in [-0.1, -0.05) is 256 Å². The van der Waals surface area contributed by atoms with Crippen molar-refractivity contribution >= 4 is 32.3 Å². The number of benzene rings is 12. The molecule has 12 aromatic rings. The van der Waals surface area contributed by atoms with Crippen LogP contribution in [-0.4, -0.2) is 0 Å². The minimum absolute atomic E-state index is 0.290. The van der Waals surface area contributed by atoms with Gasteiger partial charge >= 0.3 is 0 Å². The molecule has 0 aliphatic heterocycles. The molecule has 0 saturated carbocycles. The van der Waals surface area contributed by atoms with Gasteiger partial charge < -0.3 is 0 Å². The van der Waals surface area contributed by atoms with E-state index in [0.29, 0.717) is 0 Å². The predicted molar refractivity (Wildman–Crippen MR) is 303 cm³/mol. The van der Waals surface area contributed by atoms with Gasteiger partial charge in [0.15, 0.2) is 0 Å². The van der Waals surface area contributed by atoms with E-state index in [1.165, 1.54) is 127 Å². The van der Waals surface area contributed by atoms with Crippen molar-refractivity contribution in [1.29, 1.82) is 0 Å². The second-order valence-corrected chi connectivity index (χ2v) is 19.3. The van der Waals surface area contributed by atoms with E-state index in [2.05, 4.69) is 268 Å². The topological polar surface area (TPSA) is 0 Å². The summed E-state index contributed by atoms with van der Waals surface area (Å²) in [5.74, 6) is 0. The Hall–Kier alpha value is -8.58. The van der Waals surface area contributed by atoms with E-state index in [9.17, 15) is 0 Å². The van der Waals surface area contributed by atoms with Crippen molar-refractivity contribution in [2.24, 2.45) is 0 Å². The Bertz CT molecular complexity index is 3820. The molecule has 1 aliphatic carbocycles. The van der Waals surface area contributed by atoms with Gasteiger partial charge in [0, 0.05) is 5.41 Å². The van der Waals surface area contributed by atoms with Crippen LogP contribution in [0.1, 0.15) is 42.9 Å². The second-order valence-electron chi connectivity index (χ2n) is 19.3. The average Bonchev–Trinajstić information content (AvgIpc) is 3.73. The molecule has 0 aromatic heterocycles. The van der Waals surface area contributed by atoms with Gasteiger partial charge in [-0.2, -0.15) is 0 Å². The van der Waals surface area contributed by atoms with E-state index < -0.39 is 0 Å². The van der Waals surface area contributed by atoms with Gasteiger partial charge in [-0.25, -0.2) is 0 Å². The van der Waals surface area contributed by atoms with Crippen LogP contribution in [0, 0.1) is 0 Å². The maximum Gasteiger partial charge on any atom is 0.0463 e. The normalized spacial score (nSPS) is 13.9. The molecule has 0 spiro atoms. The number of hydrogen-bond donors (Lipinski definition) is 0. The summed E-state index contributed by atoms with van der Waals surface area (Å²) in [6.45, 7) is 2.33. The molecule has 1 atom stereocenters. The number of fused-ring (bicyclic) bond motifs is 6. The van der Waals surface area contributed by atoms with Gasteiger partial charge in [-0.15, -0.1) is 0 Å². The van der Waals surface area contributed by atoms with Crippen LogP contribution >= 0.6 is 0 Å². The van der Waals surface area contributed by atoms with Crippen LogP contribution in [0.4, 0.5) is 0 Å². The average molecular weight is 905 g/mol. The SMILES string of the molecule is CCCCC1(c2ccc(-c3ccccc3)cc2)c2ccccc2-c2ccc(-c3c4ccccc4c(-c4ccc(-c5cc(-c6ccccc6)cc(-c6ccccc6)c5)c5ccccc45)c4ccccc34)cc21. The summed E-state index contributed by atoms with van der Waals surface area (Å²) in [6.07, 6.45) is 3.29. The summed E-state index contributed by atoms with van der Waals surface area (Å²) in [5.41, 5.74) is 21.4. The zero-order valence-electron chi connectivity index (χ0n) is 39.9. The first-order valence-corrected chi connectivity index (χ1v) is 25.3. The lowest BCUT2D eigenvalue weighted by Gasteiger charge is -2.34. The summed E-state index contributed by atoms with van der Waals surface area (Å²) in [6, 6.07) is 97.5. The van der Waals surface area contributed by atoms with Crippen LogP contribution in [-0.2, 0) is 5.41 Å². The van der Waals surface area contributed by atoms with Crippen LogP contribution < -0.4 is 0 Å². The van der Waals surface area contributed by atoms with Gasteiger partial charge in [0.2, 0.25) is 0 Å². The van der Waals surface area contributed by atoms with Crippen molar-refractivity contribution in [1.82, 2.24) is 0 Å². The molecule has 0 saturated heterocycles. The van der Waals surface area contributed by atoms with E-state index in [1.54, 1.807) is 0 Å². The molecule has 0 radical (unpaired) electrons. The molecule has 0 nitrogen and oxygen atoms in total. The molecule has 0 N–H and O–H groups in total. The van der Waals surface area contributed by atoms with E-state index in [1.807, 2.05) is 0 Å². The maximum absolute atomic E-state index is 2.57. The van der Waals surface area contributed by atoms with Crippen LogP contribution in [0.5, 0.6) is 0 Å². The summed E-state index contributed by atoms with van der Waals surface area (Å²) in [4.78, 5) is 0. The maximum atomic E-state index is 2.57. The van der Waals surface area contributed by atoms with Crippen molar-refractivity contribution in [3.05, 3.63) is 278 Å². The minimum atomic E-state index is -0.290. The fraction of sp³-hybridized carbons (Fsp3) is 0.0704. The highest BCUT2D eigenvalue weighted by atomic mass is 14.5. The zero-order valence-corrected chi connectivity index (χ0v) is 39.9. The van der Waals surface area contributed by atoms with Gasteiger partial charge in [0.25, 0.3) is 0 Å². The van der Waals surface area contributed by atoms with E-state index in [0.717, 1.165) is 19.3 Å². The molecule has 0 fully saturated rings. The Morgan fingerprint density at radius 1 is 0.268 bits per heavy atom. The lowest BCUT2D eigenvalue weighted by molar-refractivity contribution is 0.538. The van der Waals surface area contributed by atoms with Crippen LogP contribution in [0.3, 0.4) is 0 Å². The van der Waals surface area contributed by atoms with E-state index >= 15 is 0 Å². The molecule has 1 unspecified atom stereocenters. The quantitative estimate of drug-likeness (QED) is 0.120.